The summed E-state index contributed by atoms with van der Waals surface area (Å²) in [5.74, 6) is 2.59. The van der Waals surface area contributed by atoms with Crippen molar-refractivity contribution >= 4 is 0 Å². The van der Waals surface area contributed by atoms with Crippen molar-refractivity contribution in [2.75, 3.05) is 0 Å². The minimum absolute atomic E-state index is 0.513. The standard InChI is InChI=1S/C15H32/c1-8-10-14(13(5)9-2)15(6,7)11-12(3)4/h12-14H,8-11H2,1-7H3. The summed E-state index contributed by atoms with van der Waals surface area (Å²) >= 11 is 0. The Hall–Kier alpha value is 0. The van der Waals surface area contributed by atoms with Crippen molar-refractivity contribution in [3.63, 3.8) is 0 Å². The van der Waals surface area contributed by atoms with Crippen LogP contribution >= 0.6 is 0 Å². The molecule has 0 amide bonds. The predicted molar refractivity (Wildman–Crippen MR) is 71.1 cm³/mol. The Morgan fingerprint density at radius 2 is 1.53 bits per heavy atom. The van der Waals surface area contributed by atoms with Gasteiger partial charge in [0.2, 0.25) is 0 Å². The van der Waals surface area contributed by atoms with Gasteiger partial charge in [-0.05, 0) is 36.0 Å². The predicted octanol–water partition coefficient (Wildman–Crippen LogP) is 5.52. The molecule has 0 aliphatic carbocycles. The van der Waals surface area contributed by atoms with Gasteiger partial charge in [-0.2, -0.15) is 0 Å². The van der Waals surface area contributed by atoms with E-state index >= 15 is 0 Å². The summed E-state index contributed by atoms with van der Waals surface area (Å²) in [6.45, 7) is 16.7. The normalized spacial score (nSPS) is 16.8. The molecule has 2 atom stereocenters. The number of hydrogen-bond acceptors (Lipinski definition) is 0. The average molecular weight is 212 g/mol. The maximum absolute atomic E-state index is 2.47. The smallest absolute Gasteiger partial charge is 0.0321 e. The second-order valence-electron chi connectivity index (χ2n) is 6.37. The maximum Gasteiger partial charge on any atom is -0.0321 e. The first kappa shape index (κ1) is 15.0. The molecule has 0 heteroatoms. The zero-order valence-corrected chi connectivity index (χ0v) is 12.1. The fraction of sp³-hybridized carbons (Fsp3) is 1.00. The third-order valence-electron chi connectivity index (χ3n) is 3.87. The molecule has 15 heavy (non-hydrogen) atoms. The van der Waals surface area contributed by atoms with Crippen LogP contribution in [-0.2, 0) is 0 Å². The molecule has 0 spiro atoms. The van der Waals surface area contributed by atoms with Crippen LogP contribution in [0.15, 0.2) is 0 Å². The zero-order chi connectivity index (χ0) is 12.1. The van der Waals surface area contributed by atoms with Gasteiger partial charge in [0.15, 0.2) is 0 Å². The fourth-order valence-corrected chi connectivity index (χ4v) is 3.24. The summed E-state index contributed by atoms with van der Waals surface area (Å²) in [5, 5.41) is 0. The van der Waals surface area contributed by atoms with Gasteiger partial charge in [-0.15, -0.1) is 0 Å². The van der Waals surface area contributed by atoms with Crippen LogP contribution in [0.3, 0.4) is 0 Å². The van der Waals surface area contributed by atoms with E-state index in [4.69, 9.17) is 0 Å². The van der Waals surface area contributed by atoms with Crippen LogP contribution in [0, 0.1) is 23.2 Å². The van der Waals surface area contributed by atoms with Gasteiger partial charge in [0, 0.05) is 0 Å². The minimum atomic E-state index is 0.513. The fourth-order valence-electron chi connectivity index (χ4n) is 3.24. The summed E-state index contributed by atoms with van der Waals surface area (Å²) in [6, 6.07) is 0. The highest BCUT2D eigenvalue weighted by Gasteiger charge is 2.32. The third-order valence-corrected chi connectivity index (χ3v) is 3.87. The molecule has 0 heterocycles. The van der Waals surface area contributed by atoms with Crippen LogP contribution in [0.25, 0.3) is 0 Å². The molecule has 92 valence electrons. The lowest BCUT2D eigenvalue weighted by molar-refractivity contribution is 0.106. The molecule has 0 saturated carbocycles. The van der Waals surface area contributed by atoms with Crippen LogP contribution in [0.2, 0.25) is 0 Å². The molecule has 0 aliphatic heterocycles. The van der Waals surface area contributed by atoms with Crippen LogP contribution in [-0.4, -0.2) is 0 Å². The first-order valence-corrected chi connectivity index (χ1v) is 6.85. The Labute approximate surface area is 97.8 Å². The zero-order valence-electron chi connectivity index (χ0n) is 12.1. The van der Waals surface area contributed by atoms with Crippen molar-refractivity contribution in [2.24, 2.45) is 23.2 Å². The largest absolute Gasteiger partial charge is 0.0654 e. The lowest BCUT2D eigenvalue weighted by Crippen LogP contribution is -2.30. The van der Waals surface area contributed by atoms with E-state index in [1.54, 1.807) is 0 Å². The monoisotopic (exact) mass is 212 g/mol. The number of hydrogen-bond donors (Lipinski definition) is 0. The molecule has 2 unspecified atom stereocenters. The van der Waals surface area contributed by atoms with Crippen molar-refractivity contribution in [1.82, 2.24) is 0 Å². The minimum Gasteiger partial charge on any atom is -0.0654 e. The molecule has 0 aromatic heterocycles. The third kappa shape index (κ3) is 5.04. The number of rotatable bonds is 7. The highest BCUT2D eigenvalue weighted by Crippen LogP contribution is 2.41. The van der Waals surface area contributed by atoms with Crippen molar-refractivity contribution in [2.45, 2.75) is 74.1 Å². The topological polar surface area (TPSA) is 0 Å². The summed E-state index contributed by atoms with van der Waals surface area (Å²) in [4.78, 5) is 0. The van der Waals surface area contributed by atoms with E-state index in [2.05, 4.69) is 48.5 Å². The summed E-state index contributed by atoms with van der Waals surface area (Å²) in [5.41, 5.74) is 0.513. The lowest BCUT2D eigenvalue weighted by Gasteiger charge is -2.39. The first-order valence-electron chi connectivity index (χ1n) is 6.85. The molecule has 0 fully saturated rings. The van der Waals surface area contributed by atoms with E-state index in [0.717, 1.165) is 17.8 Å². The molecule has 0 radical (unpaired) electrons. The Morgan fingerprint density at radius 3 is 1.87 bits per heavy atom. The maximum atomic E-state index is 2.47. The highest BCUT2D eigenvalue weighted by atomic mass is 14.4. The van der Waals surface area contributed by atoms with Gasteiger partial charge >= 0.3 is 0 Å². The van der Waals surface area contributed by atoms with Crippen molar-refractivity contribution in [3.05, 3.63) is 0 Å². The molecule has 0 saturated heterocycles. The van der Waals surface area contributed by atoms with Gasteiger partial charge < -0.3 is 0 Å². The lowest BCUT2D eigenvalue weighted by atomic mass is 9.66. The Morgan fingerprint density at radius 1 is 1.00 bits per heavy atom. The molecule has 0 nitrogen and oxygen atoms in total. The second-order valence-corrected chi connectivity index (χ2v) is 6.37. The van der Waals surface area contributed by atoms with Crippen LogP contribution in [0.5, 0.6) is 0 Å². The first-order chi connectivity index (χ1) is 6.85. The Bertz CT molecular complexity index is 155. The van der Waals surface area contributed by atoms with Gasteiger partial charge in [-0.25, -0.2) is 0 Å². The average Bonchev–Trinajstić information content (AvgIpc) is 2.10. The molecule has 0 aliphatic rings. The van der Waals surface area contributed by atoms with Crippen LogP contribution in [0.1, 0.15) is 74.1 Å². The van der Waals surface area contributed by atoms with E-state index in [1.165, 1.54) is 25.7 Å². The van der Waals surface area contributed by atoms with E-state index in [9.17, 15) is 0 Å². The van der Waals surface area contributed by atoms with Crippen LogP contribution < -0.4 is 0 Å². The quantitative estimate of drug-likeness (QED) is 0.521. The van der Waals surface area contributed by atoms with Gasteiger partial charge in [-0.3, -0.25) is 0 Å². The molecule has 0 rings (SSSR count). The van der Waals surface area contributed by atoms with E-state index in [0.29, 0.717) is 5.41 Å². The van der Waals surface area contributed by atoms with E-state index in [-0.39, 0.29) is 0 Å². The van der Waals surface area contributed by atoms with Gasteiger partial charge in [-0.1, -0.05) is 61.3 Å². The summed E-state index contributed by atoms with van der Waals surface area (Å²) in [6.07, 6.45) is 5.42. The van der Waals surface area contributed by atoms with E-state index in [1.807, 2.05) is 0 Å². The van der Waals surface area contributed by atoms with Crippen LogP contribution in [0.4, 0.5) is 0 Å². The van der Waals surface area contributed by atoms with Crippen molar-refractivity contribution in [1.29, 1.82) is 0 Å². The summed E-state index contributed by atoms with van der Waals surface area (Å²) < 4.78 is 0. The van der Waals surface area contributed by atoms with Crippen molar-refractivity contribution in [3.8, 4) is 0 Å². The van der Waals surface area contributed by atoms with Gasteiger partial charge in [0.05, 0.1) is 0 Å². The van der Waals surface area contributed by atoms with E-state index < -0.39 is 0 Å². The van der Waals surface area contributed by atoms with Gasteiger partial charge in [0.25, 0.3) is 0 Å². The SMILES string of the molecule is CCCC(C(C)CC)C(C)(C)CC(C)C. The summed E-state index contributed by atoms with van der Waals surface area (Å²) in [7, 11) is 0. The Kier molecular flexibility index (Phi) is 6.55. The molecular weight excluding hydrogens is 180 g/mol. The highest BCUT2D eigenvalue weighted by molar-refractivity contribution is 4.82. The van der Waals surface area contributed by atoms with Crippen molar-refractivity contribution < 1.29 is 0 Å². The molecule has 0 aromatic carbocycles. The Balaban J connectivity index is 4.56. The molecular formula is C15H32. The molecule has 0 aromatic rings. The second kappa shape index (κ2) is 6.55. The van der Waals surface area contributed by atoms with Gasteiger partial charge in [0.1, 0.15) is 0 Å². The molecule has 0 N–H and O–H groups in total. The molecule has 0 bridgehead atoms.